The van der Waals surface area contributed by atoms with Crippen LogP contribution in [-0.2, 0) is 6.61 Å². The van der Waals surface area contributed by atoms with Crippen LogP contribution in [-0.4, -0.2) is 4.98 Å². The minimum atomic E-state index is -0.147. The Morgan fingerprint density at radius 1 is 0.818 bits per heavy atom. The Hall–Kier alpha value is -2.65. The Balaban J connectivity index is 1.65. The van der Waals surface area contributed by atoms with Crippen LogP contribution < -0.4 is 10.5 Å². The van der Waals surface area contributed by atoms with Crippen LogP contribution in [0, 0.1) is 0 Å². The number of ether oxygens (including phenoxy) is 1. The van der Waals surface area contributed by atoms with Gasteiger partial charge in [-0.25, -0.2) is 0 Å². The van der Waals surface area contributed by atoms with Gasteiger partial charge in [0.25, 0.3) is 0 Å². The summed E-state index contributed by atoms with van der Waals surface area (Å²) in [7, 11) is 0. The predicted octanol–water partition coefficient (Wildman–Crippen LogP) is 3.71. The molecule has 0 bridgehead atoms. The molecule has 0 amide bonds. The van der Waals surface area contributed by atoms with E-state index in [1.54, 1.807) is 12.4 Å². The molecule has 2 aromatic carbocycles. The first-order valence-corrected chi connectivity index (χ1v) is 7.25. The normalized spacial score (nSPS) is 11.9. The molecule has 1 heterocycles. The topological polar surface area (TPSA) is 48.1 Å². The second-order valence-electron chi connectivity index (χ2n) is 5.10. The third-order valence-corrected chi connectivity index (χ3v) is 3.55. The number of hydrogen-bond acceptors (Lipinski definition) is 3. The zero-order valence-corrected chi connectivity index (χ0v) is 12.2. The van der Waals surface area contributed by atoms with Gasteiger partial charge >= 0.3 is 0 Å². The molecule has 22 heavy (non-hydrogen) atoms. The van der Waals surface area contributed by atoms with E-state index >= 15 is 0 Å². The lowest BCUT2D eigenvalue weighted by atomic mass is 10.0. The van der Waals surface area contributed by atoms with Gasteiger partial charge in [0.15, 0.2) is 0 Å². The second-order valence-corrected chi connectivity index (χ2v) is 5.10. The Kier molecular flexibility index (Phi) is 4.47. The van der Waals surface area contributed by atoms with Gasteiger partial charge in [0.1, 0.15) is 12.4 Å². The molecule has 0 unspecified atom stereocenters. The van der Waals surface area contributed by atoms with Gasteiger partial charge in [-0.05, 0) is 41.0 Å². The second kappa shape index (κ2) is 6.87. The van der Waals surface area contributed by atoms with Gasteiger partial charge in [0, 0.05) is 12.4 Å². The highest BCUT2D eigenvalue weighted by Gasteiger charge is 2.08. The molecule has 0 radical (unpaired) electrons. The smallest absolute Gasteiger partial charge is 0.119 e. The van der Waals surface area contributed by atoms with E-state index in [1.807, 2.05) is 66.7 Å². The van der Waals surface area contributed by atoms with E-state index in [0.717, 1.165) is 22.4 Å². The van der Waals surface area contributed by atoms with Crippen LogP contribution in [0.4, 0.5) is 0 Å². The molecule has 0 saturated heterocycles. The van der Waals surface area contributed by atoms with Crippen molar-refractivity contribution >= 4 is 0 Å². The summed E-state index contributed by atoms with van der Waals surface area (Å²) in [6.45, 7) is 0.566. The number of hydrogen-bond donors (Lipinski definition) is 1. The van der Waals surface area contributed by atoms with Crippen molar-refractivity contribution in [2.24, 2.45) is 5.73 Å². The van der Waals surface area contributed by atoms with Crippen molar-refractivity contribution in [1.82, 2.24) is 4.98 Å². The Morgan fingerprint density at radius 3 is 2.14 bits per heavy atom. The molecule has 3 rings (SSSR count). The lowest BCUT2D eigenvalue weighted by molar-refractivity contribution is 0.306. The molecule has 1 aromatic heterocycles. The van der Waals surface area contributed by atoms with Gasteiger partial charge in [-0.1, -0.05) is 42.5 Å². The molecule has 0 spiro atoms. The van der Waals surface area contributed by atoms with E-state index < -0.39 is 0 Å². The number of nitrogens with zero attached hydrogens (tertiary/aromatic N) is 1. The lowest BCUT2D eigenvalue weighted by Gasteiger charge is -2.13. The van der Waals surface area contributed by atoms with Crippen molar-refractivity contribution in [1.29, 1.82) is 0 Å². The molecule has 3 aromatic rings. The molecule has 0 fully saturated rings. The van der Waals surface area contributed by atoms with E-state index in [2.05, 4.69) is 4.98 Å². The van der Waals surface area contributed by atoms with Gasteiger partial charge in [-0.2, -0.15) is 0 Å². The van der Waals surface area contributed by atoms with Crippen molar-refractivity contribution in [2.45, 2.75) is 12.6 Å². The Morgan fingerprint density at radius 2 is 1.45 bits per heavy atom. The number of pyridine rings is 1. The highest BCUT2D eigenvalue weighted by molar-refractivity contribution is 5.34. The highest BCUT2D eigenvalue weighted by atomic mass is 16.5. The van der Waals surface area contributed by atoms with Gasteiger partial charge in [0.05, 0.1) is 6.04 Å². The average Bonchev–Trinajstić information content (AvgIpc) is 2.61. The largest absolute Gasteiger partial charge is 0.489 e. The van der Waals surface area contributed by atoms with Crippen LogP contribution in [0.2, 0.25) is 0 Å². The maximum absolute atomic E-state index is 6.26. The monoisotopic (exact) mass is 290 g/mol. The maximum Gasteiger partial charge on any atom is 0.119 e. The fourth-order valence-electron chi connectivity index (χ4n) is 2.28. The summed E-state index contributed by atoms with van der Waals surface area (Å²) in [4.78, 5) is 4.01. The number of rotatable bonds is 5. The first kappa shape index (κ1) is 14.3. The van der Waals surface area contributed by atoms with Crippen molar-refractivity contribution in [3.8, 4) is 5.75 Å². The fourth-order valence-corrected chi connectivity index (χ4v) is 2.28. The quantitative estimate of drug-likeness (QED) is 0.779. The first-order valence-electron chi connectivity index (χ1n) is 7.25. The Labute approximate surface area is 130 Å². The molecule has 0 aliphatic rings. The van der Waals surface area contributed by atoms with Gasteiger partial charge in [-0.15, -0.1) is 0 Å². The molecule has 3 heteroatoms. The zero-order valence-electron chi connectivity index (χ0n) is 12.2. The van der Waals surface area contributed by atoms with E-state index in [0.29, 0.717) is 6.61 Å². The molecule has 0 aliphatic carbocycles. The molecule has 0 saturated carbocycles. The molecular formula is C19H18N2O. The fraction of sp³-hybridized carbons (Fsp3) is 0.105. The summed E-state index contributed by atoms with van der Waals surface area (Å²) >= 11 is 0. The summed E-state index contributed by atoms with van der Waals surface area (Å²) in [5.74, 6) is 0.842. The van der Waals surface area contributed by atoms with Crippen LogP contribution in [0.3, 0.4) is 0 Å². The molecule has 110 valence electrons. The van der Waals surface area contributed by atoms with E-state index in [9.17, 15) is 0 Å². The third kappa shape index (κ3) is 3.51. The standard InChI is InChI=1S/C19H18N2O/c20-19(17-10-12-21-13-11-17)16-6-8-18(9-7-16)22-14-15-4-2-1-3-5-15/h1-13,19H,14,20H2/t19-/m0/s1. The third-order valence-electron chi connectivity index (χ3n) is 3.55. The van der Waals surface area contributed by atoms with Crippen molar-refractivity contribution in [3.05, 3.63) is 95.8 Å². The number of benzene rings is 2. The van der Waals surface area contributed by atoms with Gasteiger partial charge in [0.2, 0.25) is 0 Å². The molecule has 1 atom stereocenters. The number of nitrogens with two attached hydrogens (primary N) is 1. The van der Waals surface area contributed by atoms with Crippen molar-refractivity contribution < 1.29 is 4.74 Å². The SMILES string of the molecule is N[C@H](c1ccncc1)c1ccc(OCc2ccccc2)cc1. The lowest BCUT2D eigenvalue weighted by Crippen LogP contribution is -2.11. The van der Waals surface area contributed by atoms with Crippen LogP contribution in [0.1, 0.15) is 22.7 Å². The minimum Gasteiger partial charge on any atom is -0.489 e. The van der Waals surface area contributed by atoms with E-state index in [4.69, 9.17) is 10.5 Å². The predicted molar refractivity (Wildman–Crippen MR) is 87.5 cm³/mol. The molecule has 2 N–H and O–H groups in total. The number of aromatic nitrogens is 1. The van der Waals surface area contributed by atoms with E-state index in [-0.39, 0.29) is 6.04 Å². The van der Waals surface area contributed by atoms with Crippen LogP contribution in [0.5, 0.6) is 5.75 Å². The molecule has 0 aliphatic heterocycles. The van der Waals surface area contributed by atoms with Crippen LogP contribution in [0.15, 0.2) is 79.1 Å². The minimum absolute atomic E-state index is 0.147. The van der Waals surface area contributed by atoms with Gasteiger partial charge in [-0.3, -0.25) is 4.98 Å². The summed E-state index contributed by atoms with van der Waals surface area (Å²) < 4.78 is 5.78. The highest BCUT2D eigenvalue weighted by Crippen LogP contribution is 2.22. The first-order chi connectivity index (χ1) is 10.8. The van der Waals surface area contributed by atoms with E-state index in [1.165, 1.54) is 0 Å². The Bertz CT molecular complexity index is 697. The van der Waals surface area contributed by atoms with Crippen LogP contribution in [0.25, 0.3) is 0 Å². The van der Waals surface area contributed by atoms with Gasteiger partial charge < -0.3 is 10.5 Å². The summed E-state index contributed by atoms with van der Waals surface area (Å²) in [5.41, 5.74) is 9.52. The zero-order chi connectivity index (χ0) is 15.2. The summed E-state index contributed by atoms with van der Waals surface area (Å²) in [5, 5.41) is 0. The van der Waals surface area contributed by atoms with Crippen molar-refractivity contribution in [2.75, 3.05) is 0 Å². The van der Waals surface area contributed by atoms with Crippen molar-refractivity contribution in [3.63, 3.8) is 0 Å². The summed E-state index contributed by atoms with van der Waals surface area (Å²) in [6.07, 6.45) is 3.51. The summed E-state index contributed by atoms with van der Waals surface area (Å²) in [6, 6.07) is 21.8. The average molecular weight is 290 g/mol. The molecular weight excluding hydrogens is 272 g/mol. The molecule has 3 nitrogen and oxygen atoms in total. The van der Waals surface area contributed by atoms with Crippen LogP contribution >= 0.6 is 0 Å². The maximum atomic E-state index is 6.26.